The summed E-state index contributed by atoms with van der Waals surface area (Å²) in [5, 5.41) is 0.851. The van der Waals surface area contributed by atoms with Gasteiger partial charge in [-0.1, -0.05) is 30.3 Å². The number of esters is 1. The van der Waals surface area contributed by atoms with Crippen LogP contribution in [0.25, 0.3) is 0 Å². The Labute approximate surface area is 139 Å². The highest BCUT2D eigenvalue weighted by Crippen LogP contribution is 2.12. The summed E-state index contributed by atoms with van der Waals surface area (Å²) in [5.41, 5.74) is 1.59. The summed E-state index contributed by atoms with van der Waals surface area (Å²) < 4.78 is 4.75. The van der Waals surface area contributed by atoms with Crippen LogP contribution in [0.3, 0.4) is 0 Å². The highest BCUT2D eigenvalue weighted by molar-refractivity contribution is 5.84. The van der Waals surface area contributed by atoms with Gasteiger partial charge in [-0.05, 0) is 12.0 Å². The second-order valence-corrected chi connectivity index (χ2v) is 5.11. The van der Waals surface area contributed by atoms with Gasteiger partial charge in [0.15, 0.2) is 6.04 Å². The molecule has 0 saturated heterocycles. The molecule has 0 fully saturated rings. The number of hydroxylamine groups is 2. The molecule has 1 aromatic heterocycles. The lowest BCUT2D eigenvalue weighted by atomic mass is 10.1. The second kappa shape index (κ2) is 8.80. The van der Waals surface area contributed by atoms with Crippen molar-refractivity contribution in [1.82, 2.24) is 15.0 Å². The fraction of sp³-hybridized carbons (Fsp3) is 0.312. The minimum atomic E-state index is -1.01. The van der Waals surface area contributed by atoms with Gasteiger partial charge in [0.2, 0.25) is 5.91 Å². The molecule has 1 atom stereocenters. The van der Waals surface area contributed by atoms with Gasteiger partial charge in [0.1, 0.15) is 0 Å². The van der Waals surface area contributed by atoms with Crippen LogP contribution < -0.4 is 5.90 Å². The molecule has 0 bridgehead atoms. The molecule has 0 aliphatic carbocycles. The molecule has 1 amide bonds. The Morgan fingerprint density at radius 1 is 1.33 bits per heavy atom. The molecule has 0 aliphatic heterocycles. The number of rotatable bonds is 8. The molecule has 128 valence electrons. The predicted molar refractivity (Wildman–Crippen MR) is 85.0 cm³/mol. The summed E-state index contributed by atoms with van der Waals surface area (Å²) in [6, 6.07) is 8.52. The lowest BCUT2D eigenvalue weighted by molar-refractivity contribution is -0.210. The van der Waals surface area contributed by atoms with E-state index in [1.807, 2.05) is 30.3 Å². The molecular weight excluding hydrogens is 312 g/mol. The number of carbonyl (C=O) groups excluding carboxylic acids is 2. The van der Waals surface area contributed by atoms with Gasteiger partial charge in [0.05, 0.1) is 19.1 Å². The molecule has 24 heavy (non-hydrogen) atoms. The first-order valence-electron chi connectivity index (χ1n) is 7.44. The van der Waals surface area contributed by atoms with Crippen molar-refractivity contribution in [3.63, 3.8) is 0 Å². The quantitative estimate of drug-likeness (QED) is 0.545. The number of ether oxygens (including phenoxy) is 1. The second-order valence-electron chi connectivity index (χ2n) is 5.11. The summed E-state index contributed by atoms with van der Waals surface area (Å²) in [7, 11) is 1.24. The zero-order valence-corrected chi connectivity index (χ0v) is 13.3. The van der Waals surface area contributed by atoms with Gasteiger partial charge in [-0.2, -0.15) is 15.9 Å². The van der Waals surface area contributed by atoms with Crippen molar-refractivity contribution in [3.8, 4) is 0 Å². The lowest BCUT2D eigenvalue weighted by Crippen LogP contribution is -2.48. The third-order valence-electron chi connectivity index (χ3n) is 3.54. The SMILES string of the molecule is COC(=O)[C@H](Cc1c[nH]cn1)N(ON)C(=O)CCc1ccccc1. The van der Waals surface area contributed by atoms with Gasteiger partial charge < -0.3 is 9.72 Å². The van der Waals surface area contributed by atoms with Crippen LogP contribution in [0.2, 0.25) is 0 Å². The number of nitrogens with two attached hydrogens (primary N) is 1. The van der Waals surface area contributed by atoms with Crippen LogP contribution in [-0.4, -0.2) is 40.1 Å². The zero-order chi connectivity index (χ0) is 17.4. The third-order valence-corrected chi connectivity index (χ3v) is 3.54. The van der Waals surface area contributed by atoms with Crippen LogP contribution in [0, 0.1) is 0 Å². The molecule has 0 spiro atoms. The van der Waals surface area contributed by atoms with Crippen LogP contribution in [0.1, 0.15) is 17.7 Å². The van der Waals surface area contributed by atoms with E-state index in [0.29, 0.717) is 12.1 Å². The molecular formula is C16H20N4O4. The summed E-state index contributed by atoms with van der Waals surface area (Å²) in [4.78, 5) is 36.0. The molecule has 8 heteroatoms. The molecule has 0 aliphatic rings. The Kier molecular flexibility index (Phi) is 6.47. The molecule has 0 radical (unpaired) electrons. The average molecular weight is 332 g/mol. The van der Waals surface area contributed by atoms with E-state index in [1.165, 1.54) is 13.4 Å². The van der Waals surface area contributed by atoms with Crippen molar-refractivity contribution in [3.05, 3.63) is 54.1 Å². The number of hydrogen-bond acceptors (Lipinski definition) is 6. The van der Waals surface area contributed by atoms with E-state index in [9.17, 15) is 9.59 Å². The van der Waals surface area contributed by atoms with Crippen LogP contribution >= 0.6 is 0 Å². The van der Waals surface area contributed by atoms with Crippen molar-refractivity contribution >= 4 is 11.9 Å². The maximum atomic E-state index is 12.4. The van der Waals surface area contributed by atoms with Crippen molar-refractivity contribution in [2.75, 3.05) is 7.11 Å². The van der Waals surface area contributed by atoms with E-state index < -0.39 is 17.9 Å². The van der Waals surface area contributed by atoms with Crippen molar-refractivity contribution in [2.45, 2.75) is 25.3 Å². The number of aryl methyl sites for hydroxylation is 1. The first kappa shape index (κ1) is 17.6. The van der Waals surface area contributed by atoms with E-state index >= 15 is 0 Å². The average Bonchev–Trinajstić information content (AvgIpc) is 3.13. The first-order chi connectivity index (χ1) is 11.7. The molecule has 1 heterocycles. The smallest absolute Gasteiger partial charge is 0.331 e. The van der Waals surface area contributed by atoms with Crippen molar-refractivity contribution in [1.29, 1.82) is 0 Å². The number of nitrogens with one attached hydrogen (secondary N) is 1. The number of carbonyl (C=O) groups is 2. The lowest BCUT2D eigenvalue weighted by Gasteiger charge is -2.26. The van der Waals surface area contributed by atoms with Crippen LogP contribution in [0.4, 0.5) is 0 Å². The monoisotopic (exact) mass is 332 g/mol. The van der Waals surface area contributed by atoms with E-state index in [4.69, 9.17) is 10.6 Å². The summed E-state index contributed by atoms with van der Waals surface area (Å²) in [6.45, 7) is 0. The molecule has 0 unspecified atom stereocenters. The van der Waals surface area contributed by atoms with Crippen LogP contribution in [-0.2, 0) is 32.1 Å². The number of methoxy groups -OCH3 is 1. The maximum absolute atomic E-state index is 12.4. The van der Waals surface area contributed by atoms with E-state index in [0.717, 1.165) is 10.6 Å². The van der Waals surface area contributed by atoms with Gasteiger partial charge in [0, 0.05) is 19.0 Å². The van der Waals surface area contributed by atoms with E-state index in [2.05, 4.69) is 14.9 Å². The fourth-order valence-corrected chi connectivity index (χ4v) is 2.31. The number of imidazole rings is 1. The van der Waals surface area contributed by atoms with Gasteiger partial charge >= 0.3 is 5.97 Å². The normalized spacial score (nSPS) is 11.8. The molecule has 1 aromatic carbocycles. The van der Waals surface area contributed by atoms with Crippen LogP contribution in [0.5, 0.6) is 0 Å². The largest absolute Gasteiger partial charge is 0.467 e. The Morgan fingerprint density at radius 3 is 2.67 bits per heavy atom. The molecule has 0 saturated carbocycles. The van der Waals surface area contributed by atoms with Gasteiger partial charge in [0.25, 0.3) is 0 Å². The number of aromatic amines is 1. The van der Waals surface area contributed by atoms with E-state index in [-0.39, 0.29) is 12.8 Å². The molecule has 2 aromatic rings. The Morgan fingerprint density at radius 2 is 2.08 bits per heavy atom. The number of H-pyrrole nitrogens is 1. The predicted octanol–water partition coefficient (Wildman–Crippen LogP) is 0.760. The highest BCUT2D eigenvalue weighted by atomic mass is 16.8. The fourth-order valence-electron chi connectivity index (χ4n) is 2.31. The number of aromatic nitrogens is 2. The van der Waals surface area contributed by atoms with Crippen LogP contribution in [0.15, 0.2) is 42.9 Å². The van der Waals surface area contributed by atoms with E-state index in [1.54, 1.807) is 6.20 Å². The molecule has 8 nitrogen and oxygen atoms in total. The number of benzene rings is 1. The highest BCUT2D eigenvalue weighted by Gasteiger charge is 2.32. The summed E-state index contributed by atoms with van der Waals surface area (Å²) in [6.07, 6.45) is 3.89. The van der Waals surface area contributed by atoms with Crippen molar-refractivity contribution in [2.24, 2.45) is 5.90 Å². The maximum Gasteiger partial charge on any atom is 0.331 e. The number of hydrogen-bond donors (Lipinski definition) is 2. The summed E-state index contributed by atoms with van der Waals surface area (Å²) >= 11 is 0. The third kappa shape index (κ3) is 4.64. The minimum Gasteiger partial charge on any atom is -0.467 e. The van der Waals surface area contributed by atoms with Gasteiger partial charge in [-0.25, -0.2) is 9.78 Å². The minimum absolute atomic E-state index is 0.129. The first-order valence-corrected chi connectivity index (χ1v) is 7.44. The Hall–Kier alpha value is -2.71. The zero-order valence-electron chi connectivity index (χ0n) is 13.3. The van der Waals surface area contributed by atoms with Gasteiger partial charge in [-0.15, -0.1) is 0 Å². The number of amides is 1. The topological polar surface area (TPSA) is 111 Å². The van der Waals surface area contributed by atoms with Gasteiger partial charge in [-0.3, -0.25) is 4.79 Å². The number of nitrogens with zero attached hydrogens (tertiary/aromatic N) is 2. The standard InChI is InChI=1S/C16H20N4O4/c1-23-16(22)14(9-13-10-18-11-19-13)20(24-17)15(21)8-7-12-5-3-2-4-6-12/h2-6,10-11,14H,7-9,17H2,1H3,(H,18,19)/t14-/m0/s1. The Bertz CT molecular complexity index is 645. The Balaban J connectivity index is 2.06. The molecule has 2 rings (SSSR count). The van der Waals surface area contributed by atoms with Crippen molar-refractivity contribution < 1.29 is 19.3 Å². The molecule has 3 N–H and O–H groups in total. The summed E-state index contributed by atoms with van der Waals surface area (Å²) in [5.74, 6) is 4.20.